The Morgan fingerprint density at radius 2 is 2.16 bits per heavy atom. The number of hydrogen-bond acceptors (Lipinski definition) is 3. The van der Waals surface area contributed by atoms with Crippen molar-refractivity contribution in [2.45, 2.75) is 12.8 Å². The van der Waals surface area contributed by atoms with E-state index in [0.717, 1.165) is 48.3 Å². The lowest BCUT2D eigenvalue weighted by atomic mass is 9.97. The quantitative estimate of drug-likeness (QED) is 0.853. The zero-order valence-electron chi connectivity index (χ0n) is 11.1. The molecular formula is C14H19BrN2OS. The summed E-state index contributed by atoms with van der Waals surface area (Å²) in [6.45, 7) is 2.91. The third-order valence-corrected chi connectivity index (χ3v) is 4.30. The Labute approximate surface area is 128 Å². The maximum Gasteiger partial charge on any atom is 0.106 e. The van der Waals surface area contributed by atoms with Crippen molar-refractivity contribution in [1.82, 2.24) is 0 Å². The van der Waals surface area contributed by atoms with Crippen molar-refractivity contribution < 1.29 is 4.74 Å². The molecule has 0 radical (unpaired) electrons. The average Bonchev–Trinajstić information content (AvgIpc) is 2.39. The molecule has 0 amide bonds. The molecule has 0 unspecified atom stereocenters. The molecule has 2 N–H and O–H groups in total. The Balaban J connectivity index is 2.14. The summed E-state index contributed by atoms with van der Waals surface area (Å²) in [6, 6.07) is 6.07. The summed E-state index contributed by atoms with van der Waals surface area (Å²) in [6.07, 6.45) is 2.30. The summed E-state index contributed by atoms with van der Waals surface area (Å²) in [4.78, 5) is 2.83. The van der Waals surface area contributed by atoms with E-state index in [2.05, 4.69) is 26.9 Å². The molecule has 5 heteroatoms. The van der Waals surface area contributed by atoms with Gasteiger partial charge in [0.2, 0.25) is 0 Å². The van der Waals surface area contributed by atoms with Crippen molar-refractivity contribution in [3.05, 3.63) is 28.2 Å². The van der Waals surface area contributed by atoms with Crippen molar-refractivity contribution in [3.63, 3.8) is 0 Å². The third-order valence-electron chi connectivity index (χ3n) is 3.58. The van der Waals surface area contributed by atoms with E-state index >= 15 is 0 Å². The monoisotopic (exact) mass is 342 g/mol. The molecule has 1 aliphatic heterocycles. The average molecular weight is 343 g/mol. The molecule has 0 atom stereocenters. The van der Waals surface area contributed by atoms with Crippen LogP contribution in [0.1, 0.15) is 18.4 Å². The number of hydrogen-bond donors (Lipinski definition) is 1. The van der Waals surface area contributed by atoms with Gasteiger partial charge in [0.25, 0.3) is 0 Å². The lowest BCUT2D eigenvalue weighted by Crippen LogP contribution is -2.36. The Bertz CT molecular complexity index is 459. The molecule has 0 aromatic heterocycles. The molecular weight excluding hydrogens is 324 g/mol. The van der Waals surface area contributed by atoms with E-state index in [-0.39, 0.29) is 0 Å². The van der Waals surface area contributed by atoms with Gasteiger partial charge in [0.1, 0.15) is 4.99 Å². The number of thiocarbonyl (C=S) groups is 1. The molecule has 2 rings (SSSR count). The molecule has 104 valence electrons. The predicted molar refractivity (Wildman–Crippen MR) is 86.8 cm³/mol. The first-order valence-electron chi connectivity index (χ1n) is 6.45. The molecule has 0 spiro atoms. The van der Waals surface area contributed by atoms with Crippen molar-refractivity contribution >= 4 is 38.8 Å². The molecule has 1 aliphatic rings. The highest BCUT2D eigenvalue weighted by Crippen LogP contribution is 2.29. The maximum atomic E-state index is 5.82. The van der Waals surface area contributed by atoms with Gasteiger partial charge in [-0.05, 0) is 37.0 Å². The van der Waals surface area contributed by atoms with Gasteiger partial charge < -0.3 is 15.4 Å². The minimum absolute atomic E-state index is 0.460. The third kappa shape index (κ3) is 3.68. The summed E-state index contributed by atoms with van der Waals surface area (Å²) in [5.74, 6) is 0.668. The van der Waals surface area contributed by atoms with Crippen LogP contribution in [0.3, 0.4) is 0 Å². The van der Waals surface area contributed by atoms with Crippen LogP contribution in [0, 0.1) is 5.92 Å². The molecule has 1 saturated heterocycles. The molecule has 0 bridgehead atoms. The highest BCUT2D eigenvalue weighted by atomic mass is 79.9. The van der Waals surface area contributed by atoms with Crippen LogP contribution in [0.4, 0.5) is 5.69 Å². The maximum absolute atomic E-state index is 5.82. The Hall–Kier alpha value is -0.650. The first-order valence-corrected chi connectivity index (χ1v) is 7.65. The number of anilines is 1. The molecule has 0 aliphatic carbocycles. The van der Waals surface area contributed by atoms with Crippen LogP contribution >= 0.6 is 28.1 Å². The summed E-state index contributed by atoms with van der Waals surface area (Å²) in [5.41, 5.74) is 7.91. The number of benzene rings is 1. The van der Waals surface area contributed by atoms with Crippen LogP contribution < -0.4 is 10.6 Å². The van der Waals surface area contributed by atoms with Gasteiger partial charge in [0.05, 0.1) is 0 Å². The van der Waals surface area contributed by atoms with Gasteiger partial charge in [-0.1, -0.05) is 28.1 Å². The summed E-state index contributed by atoms with van der Waals surface area (Å²) in [7, 11) is 1.77. The van der Waals surface area contributed by atoms with Crippen molar-refractivity contribution in [2.75, 3.05) is 31.7 Å². The van der Waals surface area contributed by atoms with E-state index in [1.165, 1.54) is 0 Å². The highest BCUT2D eigenvalue weighted by Gasteiger charge is 2.21. The number of halogens is 1. The minimum Gasteiger partial charge on any atom is -0.389 e. The molecule has 1 aromatic carbocycles. The second-order valence-corrected chi connectivity index (χ2v) is 6.27. The molecule has 1 aromatic rings. The number of ether oxygens (including phenoxy) is 1. The lowest BCUT2D eigenvalue weighted by molar-refractivity contribution is 0.139. The van der Waals surface area contributed by atoms with Crippen molar-refractivity contribution in [3.8, 4) is 0 Å². The Kier molecular flexibility index (Phi) is 5.19. The van der Waals surface area contributed by atoms with Gasteiger partial charge in [0, 0.05) is 42.5 Å². The number of methoxy groups -OCH3 is 1. The largest absolute Gasteiger partial charge is 0.389 e. The fourth-order valence-electron chi connectivity index (χ4n) is 2.55. The first-order chi connectivity index (χ1) is 9.11. The van der Waals surface area contributed by atoms with Gasteiger partial charge in [-0.3, -0.25) is 0 Å². The fourth-order valence-corrected chi connectivity index (χ4v) is 3.07. The summed E-state index contributed by atoms with van der Waals surface area (Å²) >= 11 is 8.66. The van der Waals surface area contributed by atoms with Gasteiger partial charge in [-0.25, -0.2) is 0 Å². The second-order valence-electron chi connectivity index (χ2n) is 4.91. The van der Waals surface area contributed by atoms with E-state index < -0.39 is 0 Å². The number of nitrogens with zero attached hydrogens (tertiary/aromatic N) is 1. The van der Waals surface area contributed by atoms with Crippen molar-refractivity contribution in [1.29, 1.82) is 0 Å². The fraction of sp³-hybridized carbons (Fsp3) is 0.500. The predicted octanol–water partition coefficient (Wildman–Crippen LogP) is 2.95. The molecule has 1 fully saturated rings. The van der Waals surface area contributed by atoms with Crippen molar-refractivity contribution in [2.24, 2.45) is 11.7 Å². The molecule has 0 saturated carbocycles. The normalized spacial score (nSPS) is 16.6. The van der Waals surface area contributed by atoms with Crippen LogP contribution in [0.2, 0.25) is 0 Å². The highest BCUT2D eigenvalue weighted by molar-refractivity contribution is 9.10. The Morgan fingerprint density at radius 3 is 2.74 bits per heavy atom. The van der Waals surface area contributed by atoms with Crippen LogP contribution in [-0.2, 0) is 4.74 Å². The first kappa shape index (κ1) is 14.8. The molecule has 3 nitrogen and oxygen atoms in total. The summed E-state index contributed by atoms with van der Waals surface area (Å²) in [5, 5.41) is 0. The van der Waals surface area contributed by atoms with Crippen LogP contribution in [0.25, 0.3) is 0 Å². The lowest BCUT2D eigenvalue weighted by Gasteiger charge is -2.34. The minimum atomic E-state index is 0.460. The number of rotatable bonds is 4. The van der Waals surface area contributed by atoms with Crippen LogP contribution in [0.5, 0.6) is 0 Å². The SMILES string of the molecule is COCC1CCN(c2cc(Br)ccc2C(N)=S)CC1. The van der Waals surface area contributed by atoms with Gasteiger partial charge in [-0.2, -0.15) is 0 Å². The van der Waals surface area contributed by atoms with E-state index in [4.69, 9.17) is 22.7 Å². The van der Waals surface area contributed by atoms with E-state index in [0.29, 0.717) is 10.9 Å². The van der Waals surface area contributed by atoms with E-state index in [9.17, 15) is 0 Å². The molecule has 19 heavy (non-hydrogen) atoms. The van der Waals surface area contributed by atoms with Gasteiger partial charge in [-0.15, -0.1) is 0 Å². The smallest absolute Gasteiger partial charge is 0.106 e. The number of nitrogens with two attached hydrogens (primary N) is 1. The van der Waals surface area contributed by atoms with E-state index in [1.807, 2.05) is 12.1 Å². The van der Waals surface area contributed by atoms with Gasteiger partial charge in [0.15, 0.2) is 0 Å². The second kappa shape index (κ2) is 6.68. The summed E-state index contributed by atoms with van der Waals surface area (Å²) < 4.78 is 6.29. The number of piperidine rings is 1. The van der Waals surface area contributed by atoms with Gasteiger partial charge >= 0.3 is 0 Å². The standard InChI is InChI=1S/C14H19BrN2OS/c1-18-9-10-4-6-17(7-5-10)13-8-11(15)2-3-12(13)14(16)19/h2-3,8,10H,4-7,9H2,1H3,(H2,16,19). The Morgan fingerprint density at radius 1 is 1.47 bits per heavy atom. The molecule has 1 heterocycles. The topological polar surface area (TPSA) is 38.5 Å². The van der Waals surface area contributed by atoms with Crippen LogP contribution in [-0.4, -0.2) is 31.8 Å². The zero-order valence-corrected chi connectivity index (χ0v) is 13.5. The van der Waals surface area contributed by atoms with Crippen LogP contribution in [0.15, 0.2) is 22.7 Å². The zero-order chi connectivity index (χ0) is 13.8. The van der Waals surface area contributed by atoms with E-state index in [1.54, 1.807) is 7.11 Å².